The van der Waals surface area contributed by atoms with Gasteiger partial charge in [-0.2, -0.15) is 0 Å². The zero-order chi connectivity index (χ0) is 21.5. The summed E-state index contributed by atoms with van der Waals surface area (Å²) >= 11 is 0. The van der Waals surface area contributed by atoms with E-state index >= 15 is 0 Å². The van der Waals surface area contributed by atoms with Gasteiger partial charge in [0.2, 0.25) is 0 Å². The van der Waals surface area contributed by atoms with Crippen LogP contribution in [0.1, 0.15) is 39.7 Å². The minimum atomic E-state index is -0.900. The number of nitrogens with one attached hydrogen (secondary N) is 1. The molecule has 158 valence electrons. The number of aromatic nitrogens is 4. The average molecular weight is 417 g/mol. The number of rotatable bonds is 4. The zero-order valence-electron chi connectivity index (χ0n) is 16.7. The Kier molecular flexibility index (Phi) is 5.00. The van der Waals surface area contributed by atoms with Crippen LogP contribution in [-0.2, 0) is 4.74 Å². The molecule has 0 radical (unpaired) electrons. The van der Waals surface area contributed by atoms with Crippen LogP contribution in [0, 0.1) is 5.82 Å². The number of amides is 1. The molecule has 2 heterocycles. The maximum absolute atomic E-state index is 13.6. The van der Waals surface area contributed by atoms with Gasteiger partial charge in [-0.1, -0.05) is 6.07 Å². The summed E-state index contributed by atoms with van der Waals surface area (Å²) in [4.78, 5) is 20.7. The Morgan fingerprint density at radius 2 is 2.03 bits per heavy atom. The number of halogens is 2. The van der Waals surface area contributed by atoms with Crippen molar-refractivity contribution in [3.63, 3.8) is 0 Å². The highest BCUT2D eigenvalue weighted by molar-refractivity contribution is 5.98. The Morgan fingerprint density at radius 1 is 1.27 bits per heavy atom. The van der Waals surface area contributed by atoms with Gasteiger partial charge in [-0.15, -0.1) is 5.10 Å². The van der Waals surface area contributed by atoms with Crippen LogP contribution >= 0.6 is 0 Å². The summed E-state index contributed by atoms with van der Waals surface area (Å²) in [5.41, 5.74) is -0.331. The summed E-state index contributed by atoms with van der Waals surface area (Å²) in [5, 5.41) is 7.32. The van der Waals surface area contributed by atoms with E-state index in [9.17, 15) is 13.6 Å². The van der Waals surface area contributed by atoms with Gasteiger partial charge in [-0.3, -0.25) is 5.32 Å². The fourth-order valence-electron chi connectivity index (χ4n) is 3.13. The lowest BCUT2D eigenvalue weighted by atomic mass is 9.91. The molecule has 0 unspecified atom stereocenters. The van der Waals surface area contributed by atoms with Gasteiger partial charge in [0.1, 0.15) is 35.1 Å². The fraction of sp³-hybridized carbons (Fsp3) is 0.400. The molecule has 1 fully saturated rings. The fourth-order valence-corrected chi connectivity index (χ4v) is 3.13. The highest BCUT2D eigenvalue weighted by Gasteiger charge is 2.34. The van der Waals surface area contributed by atoms with E-state index in [1.165, 1.54) is 24.5 Å². The number of benzene rings is 1. The molecule has 8 nitrogen and oxygen atoms in total. The third kappa shape index (κ3) is 4.17. The number of carbonyl (C=O) groups is 1. The first-order chi connectivity index (χ1) is 14.2. The van der Waals surface area contributed by atoms with E-state index in [2.05, 4.69) is 20.4 Å². The standard InChI is InChI=1S/C20H21F2N5O3/c1-20(2,3)30-19(28)25-16-15-17(24-10-23-16)27(13-7-12(22)8-13)26-18(15)29-14-6-4-5-11(21)9-14/h4-6,9-10,12-13H,7-8H2,1-3H3,(H,23,24,25,28). The second kappa shape index (κ2) is 7.51. The molecule has 0 aliphatic heterocycles. The minimum absolute atomic E-state index is 0.0737. The Bertz CT molecular complexity index is 1090. The van der Waals surface area contributed by atoms with Crippen LogP contribution in [0.3, 0.4) is 0 Å². The summed E-state index contributed by atoms with van der Waals surface area (Å²) in [6, 6.07) is 5.37. The number of hydrogen-bond donors (Lipinski definition) is 1. The number of alkyl halides is 1. The van der Waals surface area contributed by atoms with Crippen LogP contribution < -0.4 is 10.1 Å². The van der Waals surface area contributed by atoms with Gasteiger partial charge in [0.25, 0.3) is 5.88 Å². The molecule has 1 N–H and O–H groups in total. The number of hydrogen-bond acceptors (Lipinski definition) is 6. The topological polar surface area (TPSA) is 91.2 Å². The van der Waals surface area contributed by atoms with E-state index in [0.29, 0.717) is 23.9 Å². The first-order valence-electron chi connectivity index (χ1n) is 9.50. The highest BCUT2D eigenvalue weighted by Crippen LogP contribution is 2.40. The van der Waals surface area contributed by atoms with Crippen LogP contribution in [-0.4, -0.2) is 37.6 Å². The summed E-state index contributed by atoms with van der Waals surface area (Å²) in [6.07, 6.45) is 0.261. The van der Waals surface area contributed by atoms with E-state index in [1.807, 2.05) is 0 Å². The first kappa shape index (κ1) is 20.0. The molecular weight excluding hydrogens is 396 g/mol. The number of anilines is 1. The minimum Gasteiger partial charge on any atom is -0.444 e. The van der Waals surface area contributed by atoms with Crippen LogP contribution in [0.4, 0.5) is 19.4 Å². The van der Waals surface area contributed by atoms with E-state index in [-0.39, 0.29) is 23.5 Å². The summed E-state index contributed by atoms with van der Waals surface area (Å²) in [6.45, 7) is 5.22. The van der Waals surface area contributed by atoms with Crippen molar-refractivity contribution in [3.8, 4) is 11.6 Å². The Labute approximate surface area is 171 Å². The van der Waals surface area contributed by atoms with Crippen LogP contribution in [0.25, 0.3) is 11.0 Å². The molecule has 4 rings (SSSR count). The van der Waals surface area contributed by atoms with Gasteiger partial charge in [-0.25, -0.2) is 28.2 Å². The number of fused-ring (bicyclic) bond motifs is 1. The van der Waals surface area contributed by atoms with Crippen molar-refractivity contribution in [1.29, 1.82) is 0 Å². The Balaban J connectivity index is 1.75. The quantitative estimate of drug-likeness (QED) is 0.657. The van der Waals surface area contributed by atoms with Crippen molar-refractivity contribution < 1.29 is 23.0 Å². The number of ether oxygens (including phenoxy) is 2. The second-order valence-electron chi connectivity index (χ2n) is 8.08. The SMILES string of the molecule is CC(C)(C)OC(=O)Nc1ncnc2c1c(Oc1cccc(F)c1)nn2C1CC(F)C1. The third-order valence-corrected chi connectivity index (χ3v) is 4.49. The van der Waals surface area contributed by atoms with Crippen molar-refractivity contribution in [2.75, 3.05) is 5.32 Å². The molecule has 1 aliphatic carbocycles. The van der Waals surface area contributed by atoms with E-state index < -0.39 is 23.7 Å². The van der Waals surface area contributed by atoms with Gasteiger partial charge in [0.05, 0.1) is 6.04 Å². The van der Waals surface area contributed by atoms with Crippen LogP contribution in [0.5, 0.6) is 11.6 Å². The van der Waals surface area contributed by atoms with E-state index in [0.717, 1.165) is 0 Å². The van der Waals surface area contributed by atoms with E-state index in [1.54, 1.807) is 31.5 Å². The predicted molar refractivity (Wildman–Crippen MR) is 105 cm³/mol. The lowest BCUT2D eigenvalue weighted by Crippen LogP contribution is -2.29. The molecule has 1 aliphatic rings. The maximum atomic E-state index is 13.6. The molecule has 2 aromatic heterocycles. The van der Waals surface area contributed by atoms with Gasteiger partial charge < -0.3 is 9.47 Å². The Morgan fingerprint density at radius 3 is 2.70 bits per heavy atom. The van der Waals surface area contributed by atoms with Crippen LogP contribution in [0.15, 0.2) is 30.6 Å². The normalized spacial score (nSPS) is 18.7. The molecular formula is C20H21F2N5O3. The van der Waals surface area contributed by atoms with Crippen molar-refractivity contribution >= 4 is 22.9 Å². The molecule has 0 spiro atoms. The molecule has 1 aromatic carbocycles. The number of carbonyl (C=O) groups excluding carboxylic acids is 1. The first-order valence-corrected chi connectivity index (χ1v) is 9.50. The van der Waals surface area contributed by atoms with Crippen LogP contribution in [0.2, 0.25) is 0 Å². The predicted octanol–water partition coefficient (Wildman–Crippen LogP) is 4.78. The monoisotopic (exact) mass is 417 g/mol. The van der Waals surface area contributed by atoms with Gasteiger partial charge in [0.15, 0.2) is 11.5 Å². The lowest BCUT2D eigenvalue weighted by molar-refractivity contribution is 0.0635. The van der Waals surface area contributed by atoms with Gasteiger partial charge in [0, 0.05) is 18.9 Å². The summed E-state index contributed by atoms with van der Waals surface area (Å²) in [7, 11) is 0. The largest absolute Gasteiger partial charge is 0.444 e. The Hall–Kier alpha value is -3.30. The van der Waals surface area contributed by atoms with Crippen molar-refractivity contribution in [1.82, 2.24) is 19.7 Å². The molecule has 0 bridgehead atoms. The average Bonchev–Trinajstić information content (AvgIpc) is 2.96. The molecule has 0 atom stereocenters. The summed E-state index contributed by atoms with van der Waals surface area (Å²) in [5.74, 6) is -0.0583. The van der Waals surface area contributed by atoms with Crippen molar-refractivity contribution in [2.45, 2.75) is 51.4 Å². The van der Waals surface area contributed by atoms with Gasteiger partial charge in [-0.05, 0) is 32.9 Å². The smallest absolute Gasteiger partial charge is 0.413 e. The third-order valence-electron chi connectivity index (χ3n) is 4.49. The summed E-state index contributed by atoms with van der Waals surface area (Å²) < 4.78 is 39.7. The maximum Gasteiger partial charge on any atom is 0.413 e. The lowest BCUT2D eigenvalue weighted by Gasteiger charge is -2.29. The molecule has 30 heavy (non-hydrogen) atoms. The molecule has 1 saturated carbocycles. The van der Waals surface area contributed by atoms with Crippen molar-refractivity contribution in [2.24, 2.45) is 0 Å². The van der Waals surface area contributed by atoms with Crippen molar-refractivity contribution in [3.05, 3.63) is 36.4 Å². The zero-order valence-corrected chi connectivity index (χ0v) is 16.7. The number of nitrogens with zero attached hydrogens (tertiary/aromatic N) is 4. The molecule has 10 heteroatoms. The van der Waals surface area contributed by atoms with Gasteiger partial charge >= 0.3 is 6.09 Å². The molecule has 1 amide bonds. The molecule has 0 saturated heterocycles. The second-order valence-corrected chi connectivity index (χ2v) is 8.08. The molecule has 3 aromatic rings. The highest BCUT2D eigenvalue weighted by atomic mass is 19.1. The van der Waals surface area contributed by atoms with E-state index in [4.69, 9.17) is 9.47 Å².